The molecule has 2 aliphatic rings. The predicted molar refractivity (Wildman–Crippen MR) is 147 cm³/mol. The van der Waals surface area contributed by atoms with Crippen molar-refractivity contribution in [2.75, 3.05) is 6.61 Å². The zero-order chi connectivity index (χ0) is 28.3. The average molecular weight is 550 g/mol. The van der Waals surface area contributed by atoms with E-state index in [4.69, 9.17) is 14.2 Å². The number of Topliss-reactive ketones (excluding diaryl/α,β-unsaturated/α-hetero) is 1. The Morgan fingerprint density at radius 1 is 1.26 bits per heavy atom. The molecular weight excluding hydrogens is 506 g/mol. The molecule has 0 aromatic carbocycles. The van der Waals surface area contributed by atoms with Crippen LogP contribution in [0.3, 0.4) is 0 Å². The van der Waals surface area contributed by atoms with Gasteiger partial charge in [0.15, 0.2) is 0 Å². The SMILES string of the molecule is CC=CC[C@H]1C(=O)C(C)(C)[C@@H](O)CC(=O)O[C@H](C(C)=Cc2csc(C)n2)C[C@@H]2O[C@]2(C)CCO[C@H](C)[C@H]1O. The summed E-state index contributed by atoms with van der Waals surface area (Å²) < 4.78 is 17.9. The van der Waals surface area contributed by atoms with Gasteiger partial charge in [-0.3, -0.25) is 9.59 Å². The first-order valence-electron chi connectivity index (χ1n) is 13.4. The molecule has 0 radical (unpaired) electrons. The van der Waals surface area contributed by atoms with Gasteiger partial charge in [0.25, 0.3) is 0 Å². The molecule has 2 fully saturated rings. The number of aromatic nitrogens is 1. The lowest BCUT2D eigenvalue weighted by atomic mass is 9.72. The van der Waals surface area contributed by atoms with Crippen molar-refractivity contribution < 1.29 is 34.0 Å². The third-order valence-electron chi connectivity index (χ3n) is 7.92. The number of carbonyl (C=O) groups is 2. The van der Waals surface area contributed by atoms with E-state index in [1.54, 1.807) is 32.1 Å². The fourth-order valence-corrected chi connectivity index (χ4v) is 5.49. The summed E-state index contributed by atoms with van der Waals surface area (Å²) in [5.41, 5.74) is -0.106. The number of rotatable bonds is 4. The molecule has 0 bridgehead atoms. The van der Waals surface area contributed by atoms with Crippen molar-refractivity contribution in [2.24, 2.45) is 11.3 Å². The average Bonchev–Trinajstić information content (AvgIpc) is 3.29. The maximum Gasteiger partial charge on any atom is 0.309 e. The number of hydrogen-bond acceptors (Lipinski definition) is 9. The predicted octanol–water partition coefficient (Wildman–Crippen LogP) is 4.41. The highest BCUT2D eigenvalue weighted by Gasteiger charge is 2.53. The smallest absolute Gasteiger partial charge is 0.309 e. The topological polar surface area (TPSA) is 118 Å². The number of ether oxygens (including phenoxy) is 3. The Morgan fingerprint density at radius 3 is 2.61 bits per heavy atom. The quantitative estimate of drug-likeness (QED) is 0.322. The van der Waals surface area contributed by atoms with Crippen LogP contribution in [0.15, 0.2) is 23.1 Å². The van der Waals surface area contributed by atoms with E-state index in [2.05, 4.69) is 4.98 Å². The van der Waals surface area contributed by atoms with Crippen LogP contribution in [-0.4, -0.2) is 69.7 Å². The van der Waals surface area contributed by atoms with E-state index in [1.165, 1.54) is 0 Å². The molecule has 3 heterocycles. The first-order chi connectivity index (χ1) is 17.8. The van der Waals surface area contributed by atoms with Crippen molar-refractivity contribution in [1.82, 2.24) is 4.98 Å². The summed E-state index contributed by atoms with van der Waals surface area (Å²) in [5, 5.41) is 25.0. The summed E-state index contributed by atoms with van der Waals surface area (Å²) in [4.78, 5) is 31.2. The monoisotopic (exact) mass is 549 g/mol. The second kappa shape index (κ2) is 12.5. The minimum Gasteiger partial charge on any atom is -0.458 e. The number of aliphatic hydroxyl groups is 2. The fraction of sp³-hybridized carbons (Fsp3) is 0.690. The number of esters is 1. The van der Waals surface area contributed by atoms with Crippen LogP contribution >= 0.6 is 11.3 Å². The standard InChI is InChI=1S/C29H43NO7S/c1-8-9-10-21-26(33)18(3)35-12-11-29(7)24(37-29)14-22(17(2)13-20-16-38-19(4)30-20)36-25(32)15-23(31)28(5,6)27(21)34/h8-9,13,16,18,21-24,26,31,33H,10-12,14-15H2,1-7H3/t18-,21-,22+,23+,24+,26-,29-/m1/s1. The van der Waals surface area contributed by atoms with Gasteiger partial charge in [0, 0.05) is 24.8 Å². The third-order valence-corrected chi connectivity index (χ3v) is 8.71. The Balaban J connectivity index is 1.89. The third kappa shape index (κ3) is 7.39. The van der Waals surface area contributed by atoms with E-state index >= 15 is 0 Å². The second-order valence-corrected chi connectivity index (χ2v) is 12.4. The van der Waals surface area contributed by atoms with Crippen LogP contribution < -0.4 is 0 Å². The number of aliphatic hydroxyl groups excluding tert-OH is 2. The lowest BCUT2D eigenvalue weighted by Crippen LogP contribution is -2.48. The molecule has 7 atom stereocenters. The molecule has 2 aliphatic heterocycles. The summed E-state index contributed by atoms with van der Waals surface area (Å²) in [6, 6.07) is 0. The molecule has 2 N–H and O–H groups in total. The first-order valence-corrected chi connectivity index (χ1v) is 14.3. The van der Waals surface area contributed by atoms with Crippen molar-refractivity contribution in [3.05, 3.63) is 33.8 Å². The summed E-state index contributed by atoms with van der Waals surface area (Å²) in [6.07, 6.45) is 2.89. The molecule has 0 spiro atoms. The van der Waals surface area contributed by atoms with E-state index in [9.17, 15) is 19.8 Å². The number of allylic oxidation sites excluding steroid dienone is 2. The maximum atomic E-state index is 13.6. The fourth-order valence-electron chi connectivity index (χ4n) is 4.92. The Bertz CT molecular complexity index is 1050. The number of fused-ring (bicyclic) bond motifs is 1. The second-order valence-electron chi connectivity index (χ2n) is 11.3. The van der Waals surface area contributed by atoms with Gasteiger partial charge >= 0.3 is 5.97 Å². The van der Waals surface area contributed by atoms with Gasteiger partial charge in [-0.2, -0.15) is 0 Å². The number of epoxide rings is 1. The molecule has 0 saturated carbocycles. The highest BCUT2D eigenvalue weighted by Crippen LogP contribution is 2.43. The summed E-state index contributed by atoms with van der Waals surface area (Å²) in [5.74, 6) is -1.72. The van der Waals surface area contributed by atoms with Crippen LogP contribution in [-0.2, 0) is 23.8 Å². The molecule has 0 amide bonds. The lowest BCUT2D eigenvalue weighted by Gasteiger charge is -2.35. The minimum atomic E-state index is -1.29. The molecule has 9 heteroatoms. The molecule has 0 aliphatic carbocycles. The summed E-state index contributed by atoms with van der Waals surface area (Å²) in [7, 11) is 0. The summed E-state index contributed by atoms with van der Waals surface area (Å²) in [6.45, 7) is 13.0. The first kappa shape index (κ1) is 30.6. The zero-order valence-corrected chi connectivity index (χ0v) is 24.4. The van der Waals surface area contributed by atoms with Crippen LogP contribution in [0.2, 0.25) is 0 Å². The van der Waals surface area contributed by atoms with Crippen molar-refractivity contribution in [1.29, 1.82) is 0 Å². The van der Waals surface area contributed by atoms with E-state index in [0.717, 1.165) is 16.3 Å². The zero-order valence-electron chi connectivity index (χ0n) is 23.6. The van der Waals surface area contributed by atoms with Gasteiger partial charge in [0.1, 0.15) is 11.9 Å². The van der Waals surface area contributed by atoms with Crippen LogP contribution in [0.25, 0.3) is 6.08 Å². The van der Waals surface area contributed by atoms with Crippen molar-refractivity contribution in [2.45, 2.75) is 110 Å². The normalized spacial score (nSPS) is 35.7. The number of nitrogens with zero attached hydrogens (tertiary/aromatic N) is 1. The van der Waals surface area contributed by atoms with E-state index in [-0.39, 0.29) is 18.3 Å². The molecule has 38 heavy (non-hydrogen) atoms. The largest absolute Gasteiger partial charge is 0.458 e. The Hall–Kier alpha value is -1.91. The molecule has 2 saturated heterocycles. The molecule has 212 valence electrons. The minimum absolute atomic E-state index is 0.136. The van der Waals surface area contributed by atoms with Gasteiger partial charge in [0.05, 0.1) is 58.5 Å². The van der Waals surface area contributed by atoms with Gasteiger partial charge in [-0.05, 0) is 52.7 Å². The lowest BCUT2D eigenvalue weighted by molar-refractivity contribution is -0.155. The number of ketones is 1. The molecule has 1 aromatic rings. The van der Waals surface area contributed by atoms with Crippen molar-refractivity contribution in [3.63, 3.8) is 0 Å². The number of carbonyl (C=O) groups excluding carboxylic acids is 2. The van der Waals surface area contributed by atoms with E-state index in [1.807, 2.05) is 51.3 Å². The van der Waals surface area contributed by atoms with Gasteiger partial charge in [-0.1, -0.05) is 26.0 Å². The van der Waals surface area contributed by atoms with Gasteiger partial charge in [-0.25, -0.2) is 4.98 Å². The Morgan fingerprint density at radius 2 is 1.97 bits per heavy atom. The van der Waals surface area contributed by atoms with Crippen LogP contribution in [0.4, 0.5) is 0 Å². The number of aryl methyl sites for hydroxylation is 1. The Kier molecular flexibility index (Phi) is 10.1. The molecule has 8 nitrogen and oxygen atoms in total. The highest BCUT2D eigenvalue weighted by atomic mass is 32.1. The van der Waals surface area contributed by atoms with Gasteiger partial charge in [0.2, 0.25) is 0 Å². The molecule has 3 rings (SSSR count). The highest BCUT2D eigenvalue weighted by molar-refractivity contribution is 7.09. The van der Waals surface area contributed by atoms with Gasteiger partial charge in [-0.15, -0.1) is 11.3 Å². The van der Waals surface area contributed by atoms with Crippen LogP contribution in [0.1, 0.15) is 77.9 Å². The number of hydrogen-bond donors (Lipinski definition) is 2. The molecule has 1 aromatic heterocycles. The van der Waals surface area contributed by atoms with Crippen molar-refractivity contribution >= 4 is 29.2 Å². The number of thiazole rings is 1. The molecule has 0 unspecified atom stereocenters. The molecular formula is C29H43NO7S. The maximum absolute atomic E-state index is 13.6. The summed E-state index contributed by atoms with van der Waals surface area (Å²) >= 11 is 1.54. The van der Waals surface area contributed by atoms with E-state index < -0.39 is 47.3 Å². The van der Waals surface area contributed by atoms with Crippen molar-refractivity contribution in [3.8, 4) is 0 Å². The number of cyclic esters (lactones) is 1. The van der Waals surface area contributed by atoms with Gasteiger partial charge < -0.3 is 24.4 Å². The van der Waals surface area contributed by atoms with Crippen LogP contribution in [0, 0.1) is 18.3 Å². The van der Waals surface area contributed by atoms with E-state index in [0.29, 0.717) is 25.9 Å². The van der Waals surface area contributed by atoms with Crippen LogP contribution in [0.5, 0.6) is 0 Å². The Labute approximate surface area is 230 Å².